The zero-order valence-electron chi connectivity index (χ0n) is 17.3. The normalized spacial score (nSPS) is 10.4. The lowest BCUT2D eigenvalue weighted by atomic mass is 10.2. The van der Waals surface area contributed by atoms with E-state index in [9.17, 15) is 14.4 Å². The van der Waals surface area contributed by atoms with Gasteiger partial charge in [0.2, 0.25) is 5.91 Å². The smallest absolute Gasteiger partial charge is 0.273 e. The predicted molar refractivity (Wildman–Crippen MR) is 119 cm³/mol. The molecule has 30 heavy (non-hydrogen) atoms. The van der Waals surface area contributed by atoms with Crippen LogP contribution in [0.15, 0.2) is 46.9 Å². The third kappa shape index (κ3) is 7.18. The minimum atomic E-state index is -0.500. The number of rotatable bonds is 8. The van der Waals surface area contributed by atoms with Crippen LogP contribution in [0.3, 0.4) is 0 Å². The molecule has 3 N–H and O–H groups in total. The molecule has 0 unspecified atom stereocenters. The van der Waals surface area contributed by atoms with Gasteiger partial charge in [-0.1, -0.05) is 29.3 Å². The first-order chi connectivity index (χ1) is 14.3. The third-order valence-corrected chi connectivity index (χ3v) is 4.52. The van der Waals surface area contributed by atoms with E-state index in [-0.39, 0.29) is 12.0 Å². The molecule has 2 aromatic carbocycles. The van der Waals surface area contributed by atoms with Crippen LogP contribution in [0.5, 0.6) is 5.75 Å². The zero-order valence-corrected chi connectivity index (χ0v) is 18.8. The van der Waals surface area contributed by atoms with Crippen molar-refractivity contribution in [3.63, 3.8) is 0 Å². The van der Waals surface area contributed by atoms with Gasteiger partial charge in [-0.05, 0) is 62.7 Å². The number of halogens is 1. The number of hydrogen-bond donors (Lipinski definition) is 3. The Morgan fingerprint density at radius 3 is 2.30 bits per heavy atom. The van der Waals surface area contributed by atoms with Crippen molar-refractivity contribution in [3.05, 3.63) is 58.1 Å². The summed E-state index contributed by atoms with van der Waals surface area (Å²) in [5, 5.41) is 2.78. The molecule has 0 bridgehead atoms. The second kappa shape index (κ2) is 11.3. The summed E-state index contributed by atoms with van der Waals surface area (Å²) >= 11 is 3.33. The van der Waals surface area contributed by atoms with Gasteiger partial charge in [0.1, 0.15) is 5.75 Å². The number of carbonyl (C=O) groups is 3. The fourth-order valence-electron chi connectivity index (χ4n) is 2.56. The summed E-state index contributed by atoms with van der Waals surface area (Å²) < 4.78 is 6.37. The molecule has 2 aromatic rings. The molecule has 160 valence electrons. The number of benzene rings is 2. The van der Waals surface area contributed by atoms with Crippen molar-refractivity contribution < 1.29 is 19.1 Å². The summed E-state index contributed by atoms with van der Waals surface area (Å²) in [4.78, 5) is 36.6. The van der Waals surface area contributed by atoms with Gasteiger partial charge in [0.15, 0.2) is 0 Å². The lowest BCUT2D eigenvalue weighted by Gasteiger charge is -2.15. The summed E-state index contributed by atoms with van der Waals surface area (Å²) in [5.74, 6) is -0.619. The third-order valence-electron chi connectivity index (χ3n) is 4.03. The van der Waals surface area contributed by atoms with E-state index in [4.69, 9.17) is 4.74 Å². The summed E-state index contributed by atoms with van der Waals surface area (Å²) in [5.41, 5.74) is 6.04. The molecule has 0 atom stereocenters. The Morgan fingerprint density at radius 2 is 1.67 bits per heavy atom. The molecule has 0 aliphatic heterocycles. The number of carbonyl (C=O) groups excluding carboxylic acids is 3. The Bertz CT molecular complexity index is 898. The van der Waals surface area contributed by atoms with Crippen LogP contribution >= 0.6 is 15.9 Å². The van der Waals surface area contributed by atoms with Gasteiger partial charge < -0.3 is 10.1 Å². The van der Waals surface area contributed by atoms with E-state index in [1.54, 1.807) is 42.5 Å². The Morgan fingerprint density at radius 1 is 1.00 bits per heavy atom. The molecular formula is C22H26BrN3O4. The number of hydrazine groups is 1. The molecule has 2 rings (SSSR count). The highest BCUT2D eigenvalue weighted by Crippen LogP contribution is 2.24. The van der Waals surface area contributed by atoms with E-state index in [0.29, 0.717) is 33.5 Å². The van der Waals surface area contributed by atoms with Crippen molar-refractivity contribution in [2.45, 2.75) is 46.1 Å². The first-order valence-corrected chi connectivity index (χ1v) is 10.6. The first kappa shape index (κ1) is 23.4. The van der Waals surface area contributed by atoms with E-state index in [1.807, 2.05) is 20.8 Å². The summed E-state index contributed by atoms with van der Waals surface area (Å²) in [7, 11) is 0. The van der Waals surface area contributed by atoms with Gasteiger partial charge in [-0.3, -0.25) is 25.2 Å². The molecule has 0 spiro atoms. The van der Waals surface area contributed by atoms with Crippen LogP contribution in [0.25, 0.3) is 0 Å². The lowest BCUT2D eigenvalue weighted by Crippen LogP contribution is -2.41. The highest BCUT2D eigenvalue weighted by molar-refractivity contribution is 9.10. The van der Waals surface area contributed by atoms with E-state index < -0.39 is 11.8 Å². The van der Waals surface area contributed by atoms with E-state index >= 15 is 0 Å². The SMILES string of the molecule is CCCCC(=O)Nc1ccc(C(=O)NNC(=O)c2cc(Br)ccc2OC(C)C)cc1. The molecular weight excluding hydrogens is 450 g/mol. The number of ether oxygens (including phenoxy) is 1. The average molecular weight is 476 g/mol. The van der Waals surface area contributed by atoms with Crippen LogP contribution < -0.4 is 20.9 Å². The molecule has 0 aliphatic rings. The number of anilines is 1. The first-order valence-electron chi connectivity index (χ1n) is 9.77. The standard InChI is InChI=1S/C22H26BrN3O4/c1-4-5-6-20(27)24-17-10-7-15(8-11-17)21(28)25-26-22(29)18-13-16(23)9-12-19(18)30-14(2)3/h7-14H,4-6H2,1-3H3,(H,24,27)(H,25,28)(H,26,29). The maximum absolute atomic E-state index is 12.5. The van der Waals surface area contributed by atoms with Crippen LogP contribution in [0, 0.1) is 0 Å². The van der Waals surface area contributed by atoms with Crippen LogP contribution in [-0.4, -0.2) is 23.8 Å². The molecule has 0 aliphatic carbocycles. The van der Waals surface area contributed by atoms with Crippen molar-refractivity contribution in [1.29, 1.82) is 0 Å². The highest BCUT2D eigenvalue weighted by atomic mass is 79.9. The van der Waals surface area contributed by atoms with Crippen LogP contribution in [0.1, 0.15) is 60.7 Å². The van der Waals surface area contributed by atoms with Gasteiger partial charge in [-0.25, -0.2) is 0 Å². The molecule has 0 saturated carbocycles. The highest BCUT2D eigenvalue weighted by Gasteiger charge is 2.16. The Balaban J connectivity index is 1.96. The Hall–Kier alpha value is -2.87. The fraction of sp³-hybridized carbons (Fsp3) is 0.318. The predicted octanol–water partition coefficient (Wildman–Crippen LogP) is 4.44. The minimum absolute atomic E-state index is 0.0604. The number of amides is 3. The average Bonchev–Trinajstić information content (AvgIpc) is 2.71. The molecule has 8 heteroatoms. The monoisotopic (exact) mass is 475 g/mol. The van der Waals surface area contributed by atoms with Crippen molar-refractivity contribution in [2.24, 2.45) is 0 Å². The topological polar surface area (TPSA) is 96.5 Å². The quantitative estimate of drug-likeness (QED) is 0.491. The summed E-state index contributed by atoms with van der Waals surface area (Å²) in [6, 6.07) is 11.5. The second-order valence-electron chi connectivity index (χ2n) is 6.94. The maximum atomic E-state index is 12.5. The Labute approximate surface area is 184 Å². The maximum Gasteiger partial charge on any atom is 0.273 e. The van der Waals surface area contributed by atoms with Crippen molar-refractivity contribution in [1.82, 2.24) is 10.9 Å². The van der Waals surface area contributed by atoms with Gasteiger partial charge in [0.25, 0.3) is 11.8 Å². The fourth-order valence-corrected chi connectivity index (χ4v) is 2.92. The van der Waals surface area contributed by atoms with Crippen LogP contribution in [-0.2, 0) is 4.79 Å². The van der Waals surface area contributed by atoms with Gasteiger partial charge in [0, 0.05) is 22.1 Å². The number of nitrogens with one attached hydrogen (secondary N) is 3. The number of hydrogen-bond acceptors (Lipinski definition) is 4. The molecule has 3 amide bonds. The summed E-state index contributed by atoms with van der Waals surface area (Å²) in [6.45, 7) is 5.75. The lowest BCUT2D eigenvalue weighted by molar-refractivity contribution is -0.116. The van der Waals surface area contributed by atoms with Crippen molar-refractivity contribution in [2.75, 3.05) is 5.32 Å². The minimum Gasteiger partial charge on any atom is -0.490 e. The summed E-state index contributed by atoms with van der Waals surface area (Å²) in [6.07, 6.45) is 2.13. The molecule has 0 aromatic heterocycles. The van der Waals surface area contributed by atoms with E-state index in [1.165, 1.54) is 0 Å². The molecule has 0 heterocycles. The van der Waals surface area contributed by atoms with E-state index in [2.05, 4.69) is 32.1 Å². The zero-order chi connectivity index (χ0) is 22.1. The molecule has 0 fully saturated rings. The van der Waals surface area contributed by atoms with Gasteiger partial charge in [-0.2, -0.15) is 0 Å². The second-order valence-corrected chi connectivity index (χ2v) is 7.86. The van der Waals surface area contributed by atoms with Gasteiger partial charge in [0.05, 0.1) is 11.7 Å². The molecule has 0 saturated heterocycles. The van der Waals surface area contributed by atoms with Crippen molar-refractivity contribution in [3.8, 4) is 5.75 Å². The number of unbranched alkanes of at least 4 members (excludes halogenated alkanes) is 1. The van der Waals surface area contributed by atoms with Crippen LogP contribution in [0.2, 0.25) is 0 Å². The molecule has 0 radical (unpaired) electrons. The van der Waals surface area contributed by atoms with Crippen LogP contribution in [0.4, 0.5) is 5.69 Å². The largest absolute Gasteiger partial charge is 0.490 e. The van der Waals surface area contributed by atoms with Crippen molar-refractivity contribution >= 4 is 39.3 Å². The van der Waals surface area contributed by atoms with Gasteiger partial charge >= 0.3 is 0 Å². The van der Waals surface area contributed by atoms with E-state index in [0.717, 1.165) is 12.8 Å². The van der Waals surface area contributed by atoms with Gasteiger partial charge in [-0.15, -0.1) is 0 Å². The molecule has 7 nitrogen and oxygen atoms in total. The Kier molecular flexibility index (Phi) is 8.86.